The first kappa shape index (κ1) is 18.4. The van der Waals surface area contributed by atoms with E-state index in [4.69, 9.17) is 25.5 Å². The topological polar surface area (TPSA) is 43.6 Å². The van der Waals surface area contributed by atoms with Crippen LogP contribution < -0.4 is 14.8 Å². The molecule has 0 aliphatic carbocycles. The molecule has 0 amide bonds. The summed E-state index contributed by atoms with van der Waals surface area (Å²) in [6.07, 6.45) is 1.68. The maximum absolute atomic E-state index is 6.02. The fourth-order valence-electron chi connectivity index (χ4n) is 2.58. The molecule has 0 spiro atoms. The van der Waals surface area contributed by atoms with Crippen LogP contribution in [0, 0.1) is 0 Å². The van der Waals surface area contributed by atoms with Gasteiger partial charge in [-0.1, -0.05) is 29.8 Å². The molecule has 136 valence electrons. The Kier molecular flexibility index (Phi) is 6.58. The average Bonchev–Trinajstić information content (AvgIpc) is 3.15. The minimum atomic E-state index is 0.441. The van der Waals surface area contributed by atoms with Crippen LogP contribution in [0.15, 0.2) is 65.3 Å². The van der Waals surface area contributed by atoms with Crippen LogP contribution in [0.3, 0.4) is 0 Å². The number of nitrogens with one attached hydrogen (secondary N) is 1. The van der Waals surface area contributed by atoms with Crippen molar-refractivity contribution in [1.29, 1.82) is 0 Å². The third kappa shape index (κ3) is 5.28. The molecule has 1 N–H and O–H groups in total. The van der Waals surface area contributed by atoms with E-state index in [1.165, 1.54) is 0 Å². The van der Waals surface area contributed by atoms with Gasteiger partial charge in [0.05, 0.1) is 19.4 Å². The normalized spacial score (nSPS) is 10.7. The van der Waals surface area contributed by atoms with Gasteiger partial charge in [0.15, 0.2) is 11.5 Å². The molecule has 0 saturated heterocycles. The monoisotopic (exact) mass is 371 g/mol. The molecule has 0 aliphatic heterocycles. The maximum Gasteiger partial charge on any atom is 0.161 e. The van der Waals surface area contributed by atoms with Gasteiger partial charge in [-0.2, -0.15) is 0 Å². The summed E-state index contributed by atoms with van der Waals surface area (Å²) in [5.74, 6) is 2.38. The van der Waals surface area contributed by atoms with E-state index in [0.29, 0.717) is 24.8 Å². The molecule has 3 rings (SSSR count). The lowest BCUT2D eigenvalue weighted by Crippen LogP contribution is -2.12. The zero-order chi connectivity index (χ0) is 18.2. The molecule has 0 bridgehead atoms. The van der Waals surface area contributed by atoms with E-state index >= 15 is 0 Å². The summed E-state index contributed by atoms with van der Waals surface area (Å²) in [5, 5.41) is 4.06. The summed E-state index contributed by atoms with van der Waals surface area (Å²) in [6.45, 7) is 4.38. The highest BCUT2D eigenvalue weighted by Crippen LogP contribution is 2.29. The third-order valence-corrected chi connectivity index (χ3v) is 4.03. The first-order valence-electron chi connectivity index (χ1n) is 8.60. The van der Waals surface area contributed by atoms with Crippen LogP contribution in [0.1, 0.15) is 23.8 Å². The van der Waals surface area contributed by atoms with Crippen LogP contribution >= 0.6 is 11.6 Å². The molecule has 3 aromatic rings. The van der Waals surface area contributed by atoms with Crippen molar-refractivity contribution in [2.75, 3.05) is 6.61 Å². The van der Waals surface area contributed by atoms with Crippen molar-refractivity contribution in [3.63, 3.8) is 0 Å². The summed E-state index contributed by atoms with van der Waals surface area (Å²) in [5.41, 5.74) is 2.14. The molecular weight excluding hydrogens is 350 g/mol. The van der Waals surface area contributed by atoms with Crippen molar-refractivity contribution < 1.29 is 13.9 Å². The first-order chi connectivity index (χ1) is 12.7. The predicted octanol–water partition coefficient (Wildman–Crippen LogP) is 5.20. The molecule has 0 radical (unpaired) electrons. The summed E-state index contributed by atoms with van der Waals surface area (Å²) < 4.78 is 17.0. The van der Waals surface area contributed by atoms with E-state index in [1.807, 2.05) is 61.5 Å². The number of rotatable bonds is 9. The Morgan fingerprint density at radius 2 is 1.85 bits per heavy atom. The van der Waals surface area contributed by atoms with Crippen molar-refractivity contribution in [2.45, 2.75) is 26.6 Å². The van der Waals surface area contributed by atoms with Gasteiger partial charge in [0.1, 0.15) is 12.4 Å². The van der Waals surface area contributed by atoms with Gasteiger partial charge in [-0.3, -0.25) is 0 Å². The second kappa shape index (κ2) is 9.32. The number of benzene rings is 2. The van der Waals surface area contributed by atoms with Crippen LogP contribution in [0.4, 0.5) is 0 Å². The Hall–Kier alpha value is -2.43. The Morgan fingerprint density at radius 3 is 2.62 bits per heavy atom. The highest BCUT2D eigenvalue weighted by atomic mass is 35.5. The SMILES string of the molecule is CCOc1cc(CNCc2ccco2)ccc1OCc1cccc(Cl)c1. The van der Waals surface area contributed by atoms with E-state index in [-0.39, 0.29) is 0 Å². The van der Waals surface area contributed by atoms with Crippen molar-refractivity contribution in [3.8, 4) is 11.5 Å². The van der Waals surface area contributed by atoms with Gasteiger partial charge in [-0.05, 0) is 54.4 Å². The van der Waals surface area contributed by atoms with Gasteiger partial charge in [0.25, 0.3) is 0 Å². The minimum Gasteiger partial charge on any atom is -0.490 e. The molecule has 5 heteroatoms. The second-order valence-electron chi connectivity index (χ2n) is 5.82. The third-order valence-electron chi connectivity index (χ3n) is 3.80. The Bertz CT molecular complexity index is 818. The predicted molar refractivity (Wildman–Crippen MR) is 103 cm³/mol. The quantitative estimate of drug-likeness (QED) is 0.561. The van der Waals surface area contributed by atoms with Gasteiger partial charge >= 0.3 is 0 Å². The van der Waals surface area contributed by atoms with Gasteiger partial charge in [-0.25, -0.2) is 0 Å². The van der Waals surface area contributed by atoms with Gasteiger partial charge < -0.3 is 19.2 Å². The second-order valence-corrected chi connectivity index (χ2v) is 6.25. The fourth-order valence-corrected chi connectivity index (χ4v) is 2.79. The van der Waals surface area contributed by atoms with E-state index in [0.717, 1.165) is 34.9 Å². The summed E-state index contributed by atoms with van der Waals surface area (Å²) in [6, 6.07) is 17.5. The molecule has 0 fully saturated rings. The van der Waals surface area contributed by atoms with Gasteiger partial charge in [0.2, 0.25) is 0 Å². The van der Waals surface area contributed by atoms with Crippen LogP contribution in [0.25, 0.3) is 0 Å². The summed E-state index contributed by atoms with van der Waals surface area (Å²) in [4.78, 5) is 0. The molecule has 0 saturated carbocycles. The largest absolute Gasteiger partial charge is 0.490 e. The van der Waals surface area contributed by atoms with Crippen molar-refractivity contribution in [1.82, 2.24) is 5.32 Å². The van der Waals surface area contributed by atoms with Crippen LogP contribution in [-0.2, 0) is 19.7 Å². The van der Waals surface area contributed by atoms with Crippen LogP contribution in [0.5, 0.6) is 11.5 Å². The first-order valence-corrected chi connectivity index (χ1v) is 8.98. The lowest BCUT2D eigenvalue weighted by Gasteiger charge is -2.14. The Morgan fingerprint density at radius 1 is 0.923 bits per heavy atom. The highest BCUT2D eigenvalue weighted by molar-refractivity contribution is 6.30. The smallest absolute Gasteiger partial charge is 0.161 e. The number of hydrogen-bond donors (Lipinski definition) is 1. The van der Waals surface area contributed by atoms with Crippen LogP contribution in [-0.4, -0.2) is 6.61 Å². The van der Waals surface area contributed by atoms with Crippen molar-refractivity contribution >= 4 is 11.6 Å². The van der Waals surface area contributed by atoms with E-state index in [9.17, 15) is 0 Å². The molecule has 1 heterocycles. The Labute approximate surface area is 158 Å². The molecule has 0 unspecified atom stereocenters. The zero-order valence-electron chi connectivity index (χ0n) is 14.7. The molecule has 4 nitrogen and oxygen atoms in total. The van der Waals surface area contributed by atoms with Gasteiger partial charge in [0, 0.05) is 11.6 Å². The fraction of sp³-hybridized carbons (Fsp3) is 0.238. The molecule has 0 aliphatic rings. The number of ether oxygens (including phenoxy) is 2. The van der Waals surface area contributed by atoms with Crippen molar-refractivity contribution in [3.05, 3.63) is 82.8 Å². The van der Waals surface area contributed by atoms with E-state index < -0.39 is 0 Å². The summed E-state index contributed by atoms with van der Waals surface area (Å²) >= 11 is 6.02. The lowest BCUT2D eigenvalue weighted by atomic mass is 10.2. The summed E-state index contributed by atoms with van der Waals surface area (Å²) in [7, 11) is 0. The van der Waals surface area contributed by atoms with E-state index in [2.05, 4.69) is 5.32 Å². The maximum atomic E-state index is 6.02. The standard InChI is InChI=1S/C21H22ClNO3/c1-2-24-21-12-16(13-23-14-19-7-4-10-25-19)8-9-20(21)26-15-17-5-3-6-18(22)11-17/h3-12,23H,2,13-15H2,1H3. The number of furan rings is 1. The molecule has 0 atom stereocenters. The number of halogens is 1. The molecule has 26 heavy (non-hydrogen) atoms. The zero-order valence-corrected chi connectivity index (χ0v) is 15.5. The Balaban J connectivity index is 1.61. The van der Waals surface area contributed by atoms with Crippen LogP contribution in [0.2, 0.25) is 5.02 Å². The molecular formula is C21H22ClNO3. The average molecular weight is 372 g/mol. The molecule has 1 aromatic heterocycles. The lowest BCUT2D eigenvalue weighted by molar-refractivity contribution is 0.269. The van der Waals surface area contributed by atoms with Gasteiger partial charge in [-0.15, -0.1) is 0 Å². The van der Waals surface area contributed by atoms with E-state index in [1.54, 1.807) is 6.26 Å². The van der Waals surface area contributed by atoms with Crippen molar-refractivity contribution in [2.24, 2.45) is 0 Å². The molecule has 2 aromatic carbocycles. The number of hydrogen-bond acceptors (Lipinski definition) is 4. The highest BCUT2D eigenvalue weighted by Gasteiger charge is 2.08. The minimum absolute atomic E-state index is 0.441.